The molecule has 16 heavy (non-hydrogen) atoms. The van der Waals surface area contributed by atoms with Crippen LogP contribution in [0.25, 0.3) is 0 Å². The average Bonchev–Trinajstić information content (AvgIpc) is 2.97. The van der Waals surface area contributed by atoms with Gasteiger partial charge < -0.3 is 5.32 Å². The first-order valence-electron chi connectivity index (χ1n) is 6.31. The van der Waals surface area contributed by atoms with Crippen LogP contribution in [0.5, 0.6) is 0 Å². The zero-order valence-corrected chi connectivity index (χ0v) is 11.3. The molecule has 1 aromatic rings. The van der Waals surface area contributed by atoms with Crippen molar-refractivity contribution in [3.8, 4) is 0 Å². The number of hydrogen-bond acceptors (Lipinski definition) is 3. The van der Waals surface area contributed by atoms with Crippen LogP contribution in [0, 0.1) is 18.8 Å². The van der Waals surface area contributed by atoms with Crippen molar-refractivity contribution >= 4 is 11.3 Å². The first-order valence-corrected chi connectivity index (χ1v) is 7.13. The smallest absolute Gasteiger partial charge is 0.0896 e. The molecule has 0 saturated heterocycles. The van der Waals surface area contributed by atoms with Crippen molar-refractivity contribution in [2.75, 3.05) is 6.54 Å². The molecule has 2 rings (SSSR count). The van der Waals surface area contributed by atoms with Crippen LogP contribution >= 0.6 is 11.3 Å². The predicted octanol–water partition coefficient (Wildman–Crippen LogP) is 3.02. The van der Waals surface area contributed by atoms with Crippen molar-refractivity contribution in [2.24, 2.45) is 11.8 Å². The maximum Gasteiger partial charge on any atom is 0.0896 e. The van der Waals surface area contributed by atoms with Crippen molar-refractivity contribution in [2.45, 2.75) is 46.1 Å². The van der Waals surface area contributed by atoms with Gasteiger partial charge >= 0.3 is 0 Å². The summed E-state index contributed by atoms with van der Waals surface area (Å²) in [6.07, 6.45) is 6.00. The van der Waals surface area contributed by atoms with Crippen LogP contribution in [0.1, 0.15) is 36.6 Å². The Morgan fingerprint density at radius 3 is 2.75 bits per heavy atom. The standard InChI is InChI=1S/C13H22N2S/c1-9(2)13(11-4-5-11)14-7-6-12-8-15-10(3)16-12/h8-9,11,13-14H,4-7H2,1-3H3. The molecule has 0 spiro atoms. The molecule has 1 aromatic heterocycles. The number of rotatable bonds is 6. The summed E-state index contributed by atoms with van der Waals surface area (Å²) in [7, 11) is 0. The SMILES string of the molecule is Cc1ncc(CCNC(C(C)C)C2CC2)s1. The molecule has 1 saturated carbocycles. The van der Waals surface area contributed by atoms with Crippen molar-refractivity contribution in [3.05, 3.63) is 16.1 Å². The zero-order valence-electron chi connectivity index (χ0n) is 10.5. The lowest BCUT2D eigenvalue weighted by Crippen LogP contribution is -2.36. The summed E-state index contributed by atoms with van der Waals surface area (Å²) in [6, 6.07) is 0.731. The van der Waals surface area contributed by atoms with Gasteiger partial charge in [-0.2, -0.15) is 0 Å². The molecule has 1 N–H and O–H groups in total. The van der Waals surface area contributed by atoms with Gasteiger partial charge in [0.15, 0.2) is 0 Å². The molecular weight excluding hydrogens is 216 g/mol. The molecule has 0 bridgehead atoms. The second-order valence-corrected chi connectivity index (χ2v) is 6.48. The number of nitrogens with zero attached hydrogens (tertiary/aromatic N) is 1. The molecule has 0 radical (unpaired) electrons. The Kier molecular flexibility index (Phi) is 3.98. The van der Waals surface area contributed by atoms with Gasteiger partial charge in [0.1, 0.15) is 0 Å². The van der Waals surface area contributed by atoms with Gasteiger partial charge in [-0.25, -0.2) is 4.98 Å². The number of hydrogen-bond donors (Lipinski definition) is 1. The van der Waals surface area contributed by atoms with Gasteiger partial charge in [0.2, 0.25) is 0 Å². The van der Waals surface area contributed by atoms with Crippen LogP contribution in [0.4, 0.5) is 0 Å². The highest BCUT2D eigenvalue weighted by Crippen LogP contribution is 2.35. The van der Waals surface area contributed by atoms with Gasteiger partial charge in [-0.3, -0.25) is 0 Å². The molecule has 1 heterocycles. The van der Waals surface area contributed by atoms with E-state index in [-0.39, 0.29) is 0 Å². The van der Waals surface area contributed by atoms with E-state index in [9.17, 15) is 0 Å². The number of thiazole rings is 1. The summed E-state index contributed by atoms with van der Waals surface area (Å²) in [6.45, 7) is 7.82. The molecule has 0 aliphatic heterocycles. The molecular formula is C13H22N2S. The lowest BCUT2D eigenvalue weighted by atomic mass is 9.99. The lowest BCUT2D eigenvalue weighted by molar-refractivity contribution is 0.363. The van der Waals surface area contributed by atoms with Crippen LogP contribution in [0.15, 0.2) is 6.20 Å². The van der Waals surface area contributed by atoms with E-state index in [1.54, 1.807) is 0 Å². The van der Waals surface area contributed by atoms with Crippen LogP contribution in [-0.4, -0.2) is 17.6 Å². The Hall–Kier alpha value is -0.410. The number of nitrogens with one attached hydrogen (secondary N) is 1. The van der Waals surface area contributed by atoms with Crippen LogP contribution < -0.4 is 5.32 Å². The van der Waals surface area contributed by atoms with Gasteiger partial charge in [0, 0.05) is 23.7 Å². The molecule has 1 unspecified atom stereocenters. The Morgan fingerprint density at radius 2 is 2.25 bits per heavy atom. The molecule has 2 nitrogen and oxygen atoms in total. The minimum Gasteiger partial charge on any atom is -0.313 e. The second-order valence-electron chi connectivity index (χ2n) is 5.16. The highest BCUT2D eigenvalue weighted by Gasteiger charge is 2.32. The summed E-state index contributed by atoms with van der Waals surface area (Å²) in [5, 5.41) is 4.90. The Bertz CT molecular complexity index is 326. The van der Waals surface area contributed by atoms with Crippen molar-refractivity contribution < 1.29 is 0 Å². The third-order valence-electron chi connectivity index (χ3n) is 3.27. The number of aromatic nitrogens is 1. The van der Waals surface area contributed by atoms with E-state index >= 15 is 0 Å². The fraction of sp³-hybridized carbons (Fsp3) is 0.769. The van der Waals surface area contributed by atoms with E-state index in [0.717, 1.165) is 30.8 Å². The Morgan fingerprint density at radius 1 is 1.50 bits per heavy atom. The first kappa shape index (κ1) is 12.1. The molecule has 0 amide bonds. The second kappa shape index (κ2) is 5.28. The summed E-state index contributed by atoms with van der Waals surface area (Å²) < 4.78 is 0. The first-order chi connectivity index (χ1) is 7.66. The molecule has 1 atom stereocenters. The third kappa shape index (κ3) is 3.29. The Labute approximate surface area is 102 Å². The van der Waals surface area contributed by atoms with E-state index in [1.165, 1.54) is 22.7 Å². The van der Waals surface area contributed by atoms with Crippen molar-refractivity contribution in [1.82, 2.24) is 10.3 Å². The van der Waals surface area contributed by atoms with Crippen LogP contribution in [0.3, 0.4) is 0 Å². The van der Waals surface area contributed by atoms with Gasteiger partial charge in [-0.05, 0) is 38.0 Å². The maximum absolute atomic E-state index is 4.29. The van der Waals surface area contributed by atoms with Gasteiger partial charge in [-0.15, -0.1) is 11.3 Å². The van der Waals surface area contributed by atoms with Gasteiger partial charge in [0.05, 0.1) is 5.01 Å². The highest BCUT2D eigenvalue weighted by molar-refractivity contribution is 7.11. The van der Waals surface area contributed by atoms with Crippen LogP contribution in [-0.2, 0) is 6.42 Å². The maximum atomic E-state index is 4.29. The number of aryl methyl sites for hydroxylation is 1. The highest BCUT2D eigenvalue weighted by atomic mass is 32.1. The molecule has 3 heteroatoms. The van der Waals surface area contributed by atoms with E-state index in [2.05, 4.69) is 31.1 Å². The third-order valence-corrected chi connectivity index (χ3v) is 4.24. The van der Waals surface area contributed by atoms with E-state index in [0.29, 0.717) is 0 Å². The lowest BCUT2D eigenvalue weighted by Gasteiger charge is -2.21. The van der Waals surface area contributed by atoms with Crippen molar-refractivity contribution in [1.29, 1.82) is 0 Å². The van der Waals surface area contributed by atoms with Crippen molar-refractivity contribution in [3.63, 3.8) is 0 Å². The normalized spacial score (nSPS) is 18.0. The van der Waals surface area contributed by atoms with Gasteiger partial charge in [-0.1, -0.05) is 13.8 Å². The summed E-state index contributed by atoms with van der Waals surface area (Å²) in [5.74, 6) is 1.71. The topological polar surface area (TPSA) is 24.9 Å². The summed E-state index contributed by atoms with van der Waals surface area (Å²) in [5.41, 5.74) is 0. The summed E-state index contributed by atoms with van der Waals surface area (Å²) >= 11 is 1.82. The molecule has 0 aromatic carbocycles. The van der Waals surface area contributed by atoms with E-state index in [1.807, 2.05) is 17.5 Å². The van der Waals surface area contributed by atoms with Gasteiger partial charge in [0.25, 0.3) is 0 Å². The molecule has 1 aliphatic carbocycles. The van der Waals surface area contributed by atoms with E-state index in [4.69, 9.17) is 0 Å². The largest absolute Gasteiger partial charge is 0.313 e. The predicted molar refractivity (Wildman–Crippen MR) is 69.9 cm³/mol. The quantitative estimate of drug-likeness (QED) is 0.824. The minimum absolute atomic E-state index is 0.731. The van der Waals surface area contributed by atoms with E-state index < -0.39 is 0 Å². The molecule has 1 fully saturated rings. The zero-order chi connectivity index (χ0) is 11.5. The fourth-order valence-electron chi connectivity index (χ4n) is 2.28. The van der Waals surface area contributed by atoms with Crippen LogP contribution in [0.2, 0.25) is 0 Å². The molecule has 1 aliphatic rings. The average molecular weight is 238 g/mol. The Balaban J connectivity index is 1.74. The monoisotopic (exact) mass is 238 g/mol. The molecule has 90 valence electrons. The minimum atomic E-state index is 0.731. The fourth-order valence-corrected chi connectivity index (χ4v) is 3.08. The summed E-state index contributed by atoms with van der Waals surface area (Å²) in [4.78, 5) is 5.69.